The zero-order valence-electron chi connectivity index (χ0n) is 8.76. The van der Waals surface area contributed by atoms with E-state index in [-0.39, 0.29) is 5.95 Å². The number of aryl methyl sites for hydroxylation is 1. The summed E-state index contributed by atoms with van der Waals surface area (Å²) < 4.78 is 6.80. The van der Waals surface area contributed by atoms with Crippen molar-refractivity contribution in [2.45, 2.75) is 26.3 Å². The van der Waals surface area contributed by atoms with Gasteiger partial charge in [0.1, 0.15) is 12.4 Å². The molecule has 0 N–H and O–H groups in total. The molecule has 0 aliphatic carbocycles. The van der Waals surface area contributed by atoms with E-state index >= 15 is 0 Å². The average molecular weight is 213 g/mol. The Hall–Kier alpha value is -1.43. The highest BCUT2D eigenvalue weighted by Crippen LogP contribution is 2.07. The van der Waals surface area contributed by atoms with Gasteiger partial charge in [0.2, 0.25) is 0 Å². The van der Waals surface area contributed by atoms with Gasteiger partial charge in [-0.25, -0.2) is 4.57 Å². The summed E-state index contributed by atoms with van der Waals surface area (Å²) in [6.07, 6.45) is 4.80. The van der Waals surface area contributed by atoms with Crippen LogP contribution >= 0.6 is 0 Å². The molecule has 0 unspecified atom stereocenters. The van der Waals surface area contributed by atoms with Crippen LogP contribution in [0.2, 0.25) is 0 Å². The van der Waals surface area contributed by atoms with Gasteiger partial charge in [-0.15, -0.1) is 0 Å². The van der Waals surface area contributed by atoms with Gasteiger partial charge in [-0.05, 0) is 11.3 Å². The quantitative estimate of drug-likeness (QED) is 0.392. The third-order valence-electron chi connectivity index (χ3n) is 1.89. The predicted molar refractivity (Wildman–Crippen MR) is 54.6 cm³/mol. The standard InChI is InChI=1S/C9H15N3O3/c1-2-7-15-8-3-5-11-6-4-10-9(11)12(13)14/h4,6H,2-3,5,7-8H2,1H3. The number of aromatic nitrogens is 2. The number of hydrogen-bond acceptors (Lipinski definition) is 4. The van der Waals surface area contributed by atoms with Gasteiger partial charge in [0.05, 0.1) is 6.54 Å². The lowest BCUT2D eigenvalue weighted by Crippen LogP contribution is -2.06. The molecule has 0 radical (unpaired) electrons. The van der Waals surface area contributed by atoms with Crippen molar-refractivity contribution < 1.29 is 9.66 Å². The van der Waals surface area contributed by atoms with Gasteiger partial charge in [0, 0.05) is 19.6 Å². The van der Waals surface area contributed by atoms with Gasteiger partial charge in [-0.2, -0.15) is 0 Å². The van der Waals surface area contributed by atoms with E-state index < -0.39 is 4.92 Å². The van der Waals surface area contributed by atoms with Crippen molar-refractivity contribution in [3.63, 3.8) is 0 Å². The van der Waals surface area contributed by atoms with E-state index in [9.17, 15) is 10.1 Å². The van der Waals surface area contributed by atoms with Crippen LogP contribution in [0.3, 0.4) is 0 Å². The Bertz CT molecular complexity index is 311. The van der Waals surface area contributed by atoms with Crippen LogP contribution in [0.15, 0.2) is 12.4 Å². The van der Waals surface area contributed by atoms with E-state index in [1.165, 1.54) is 10.8 Å². The molecule has 0 aliphatic heterocycles. The van der Waals surface area contributed by atoms with Crippen molar-refractivity contribution in [3.05, 3.63) is 22.5 Å². The Kier molecular flexibility index (Phi) is 4.76. The van der Waals surface area contributed by atoms with E-state index in [0.717, 1.165) is 19.4 Å². The number of hydrogen-bond donors (Lipinski definition) is 0. The highest BCUT2D eigenvalue weighted by Gasteiger charge is 2.12. The van der Waals surface area contributed by atoms with E-state index in [1.807, 2.05) is 6.92 Å². The Morgan fingerprint density at radius 3 is 3.07 bits per heavy atom. The minimum Gasteiger partial charge on any atom is -0.390 e. The topological polar surface area (TPSA) is 70.2 Å². The van der Waals surface area contributed by atoms with Crippen molar-refractivity contribution in [2.75, 3.05) is 13.2 Å². The van der Waals surface area contributed by atoms with Gasteiger partial charge in [0.15, 0.2) is 0 Å². The van der Waals surface area contributed by atoms with Crippen LogP contribution in [0.4, 0.5) is 5.95 Å². The third kappa shape index (κ3) is 3.67. The Balaban J connectivity index is 2.31. The van der Waals surface area contributed by atoms with Crippen molar-refractivity contribution >= 4 is 5.95 Å². The molecule has 0 bridgehead atoms. The number of rotatable bonds is 7. The molecule has 0 saturated carbocycles. The van der Waals surface area contributed by atoms with Crippen LogP contribution in [-0.4, -0.2) is 27.7 Å². The highest BCUT2D eigenvalue weighted by molar-refractivity contribution is 5.06. The first-order chi connectivity index (χ1) is 7.25. The number of imidazole rings is 1. The van der Waals surface area contributed by atoms with E-state index in [4.69, 9.17) is 4.74 Å². The molecular weight excluding hydrogens is 198 g/mol. The Morgan fingerprint density at radius 1 is 1.60 bits per heavy atom. The Morgan fingerprint density at radius 2 is 2.40 bits per heavy atom. The summed E-state index contributed by atoms with van der Waals surface area (Å²) in [6, 6.07) is 0. The van der Waals surface area contributed by atoms with Gasteiger partial charge in [-0.3, -0.25) is 0 Å². The normalized spacial score (nSPS) is 10.5. The SMILES string of the molecule is CCCOCCCn1ccnc1[N+](=O)[O-]. The van der Waals surface area contributed by atoms with Crippen LogP contribution in [-0.2, 0) is 11.3 Å². The fraction of sp³-hybridized carbons (Fsp3) is 0.667. The van der Waals surface area contributed by atoms with Crippen molar-refractivity contribution in [1.29, 1.82) is 0 Å². The maximum atomic E-state index is 10.5. The molecule has 0 atom stereocenters. The second kappa shape index (κ2) is 6.13. The maximum Gasteiger partial charge on any atom is 0.434 e. The highest BCUT2D eigenvalue weighted by atomic mass is 16.6. The van der Waals surface area contributed by atoms with E-state index in [2.05, 4.69) is 4.98 Å². The van der Waals surface area contributed by atoms with Crippen LogP contribution in [0.5, 0.6) is 0 Å². The van der Waals surface area contributed by atoms with E-state index in [0.29, 0.717) is 13.2 Å². The van der Waals surface area contributed by atoms with Crippen molar-refractivity contribution in [3.8, 4) is 0 Å². The molecule has 0 fully saturated rings. The number of nitrogens with zero attached hydrogens (tertiary/aromatic N) is 3. The summed E-state index contributed by atoms with van der Waals surface area (Å²) in [5, 5.41) is 10.5. The third-order valence-corrected chi connectivity index (χ3v) is 1.89. The van der Waals surface area contributed by atoms with Gasteiger partial charge in [0.25, 0.3) is 0 Å². The smallest absolute Gasteiger partial charge is 0.390 e. The van der Waals surface area contributed by atoms with Gasteiger partial charge < -0.3 is 14.9 Å². The monoisotopic (exact) mass is 213 g/mol. The molecular formula is C9H15N3O3. The molecule has 6 heteroatoms. The molecule has 1 rings (SSSR count). The van der Waals surface area contributed by atoms with Crippen LogP contribution in [0.25, 0.3) is 0 Å². The molecule has 0 aromatic carbocycles. The zero-order valence-corrected chi connectivity index (χ0v) is 8.76. The van der Waals surface area contributed by atoms with Gasteiger partial charge >= 0.3 is 5.95 Å². The molecule has 0 amide bonds. The molecule has 1 aromatic rings. The van der Waals surface area contributed by atoms with Gasteiger partial charge in [-0.1, -0.05) is 11.9 Å². The fourth-order valence-electron chi connectivity index (χ4n) is 1.23. The molecule has 0 aliphatic rings. The molecule has 1 heterocycles. The molecule has 0 saturated heterocycles. The molecule has 15 heavy (non-hydrogen) atoms. The lowest BCUT2D eigenvalue weighted by Gasteiger charge is -2.02. The van der Waals surface area contributed by atoms with Crippen LogP contribution in [0.1, 0.15) is 19.8 Å². The predicted octanol–water partition coefficient (Wildman–Crippen LogP) is 1.61. The van der Waals surface area contributed by atoms with Crippen molar-refractivity contribution in [2.24, 2.45) is 0 Å². The summed E-state index contributed by atoms with van der Waals surface area (Å²) in [5.41, 5.74) is 0. The second-order valence-corrected chi connectivity index (χ2v) is 3.14. The summed E-state index contributed by atoms with van der Waals surface area (Å²) in [6.45, 7) is 3.98. The summed E-state index contributed by atoms with van der Waals surface area (Å²) in [5.74, 6) is -0.106. The number of ether oxygens (including phenoxy) is 1. The molecule has 1 aromatic heterocycles. The van der Waals surface area contributed by atoms with Crippen LogP contribution in [0, 0.1) is 10.1 Å². The maximum absolute atomic E-state index is 10.5. The minimum absolute atomic E-state index is 0.106. The lowest BCUT2D eigenvalue weighted by atomic mass is 10.4. The lowest BCUT2D eigenvalue weighted by molar-refractivity contribution is -0.396. The largest absolute Gasteiger partial charge is 0.434 e. The molecule has 0 spiro atoms. The molecule has 6 nitrogen and oxygen atoms in total. The first-order valence-electron chi connectivity index (χ1n) is 4.99. The van der Waals surface area contributed by atoms with Crippen LogP contribution < -0.4 is 0 Å². The summed E-state index contributed by atoms with van der Waals surface area (Å²) >= 11 is 0. The second-order valence-electron chi connectivity index (χ2n) is 3.14. The average Bonchev–Trinajstić information content (AvgIpc) is 2.66. The number of nitro groups is 1. The first kappa shape index (κ1) is 11.6. The summed E-state index contributed by atoms with van der Waals surface area (Å²) in [4.78, 5) is 13.7. The Labute approximate surface area is 88.0 Å². The summed E-state index contributed by atoms with van der Waals surface area (Å²) in [7, 11) is 0. The minimum atomic E-state index is -0.479. The zero-order chi connectivity index (χ0) is 11.1. The van der Waals surface area contributed by atoms with E-state index in [1.54, 1.807) is 6.20 Å². The fourth-order valence-corrected chi connectivity index (χ4v) is 1.23. The first-order valence-corrected chi connectivity index (χ1v) is 4.99. The van der Waals surface area contributed by atoms with Crippen molar-refractivity contribution in [1.82, 2.24) is 9.55 Å². The molecule has 84 valence electrons.